The number of hydrogen-bond donors (Lipinski definition) is 1. The van der Waals surface area contributed by atoms with Crippen molar-refractivity contribution in [3.63, 3.8) is 0 Å². The number of nitrogens with zero attached hydrogens (tertiary/aromatic N) is 1. The molecule has 0 unspecified atom stereocenters. The Hall–Kier alpha value is -2.61. The number of benzene rings is 1. The number of nitrogens with one attached hydrogen (secondary N) is 1. The first kappa shape index (κ1) is 13.8. The first-order valence-corrected chi connectivity index (χ1v) is 6.30. The Kier molecular flexibility index (Phi) is 4.16. The van der Waals surface area contributed by atoms with E-state index in [4.69, 9.17) is 6.42 Å². The molecule has 1 aromatic rings. The highest BCUT2D eigenvalue weighted by atomic mass is 16.2. The second kappa shape index (κ2) is 6.02. The highest BCUT2D eigenvalue weighted by Gasteiger charge is 2.28. The van der Waals surface area contributed by atoms with E-state index in [0.29, 0.717) is 11.3 Å². The molecule has 102 valence electrons. The SMILES string of the molecule is C#Cc1cccc(NC(=O)CCN2C(=O)CCC2=O)c1. The van der Waals surface area contributed by atoms with Gasteiger partial charge < -0.3 is 5.32 Å². The number of imide groups is 1. The van der Waals surface area contributed by atoms with Gasteiger partial charge in [0, 0.05) is 37.1 Å². The summed E-state index contributed by atoms with van der Waals surface area (Å²) in [6.07, 6.45) is 5.84. The van der Waals surface area contributed by atoms with Crippen molar-refractivity contribution >= 4 is 23.4 Å². The Morgan fingerprint density at radius 1 is 1.30 bits per heavy atom. The van der Waals surface area contributed by atoms with Crippen molar-refractivity contribution in [2.75, 3.05) is 11.9 Å². The van der Waals surface area contributed by atoms with Gasteiger partial charge in [0.05, 0.1) is 0 Å². The predicted molar refractivity (Wildman–Crippen MR) is 73.6 cm³/mol. The average molecular weight is 270 g/mol. The van der Waals surface area contributed by atoms with Crippen molar-refractivity contribution in [3.05, 3.63) is 29.8 Å². The van der Waals surface area contributed by atoms with E-state index in [-0.39, 0.29) is 43.5 Å². The van der Waals surface area contributed by atoms with Crippen molar-refractivity contribution in [1.29, 1.82) is 0 Å². The van der Waals surface area contributed by atoms with Gasteiger partial charge in [-0.1, -0.05) is 12.0 Å². The quantitative estimate of drug-likeness (QED) is 0.659. The molecule has 1 aliphatic rings. The summed E-state index contributed by atoms with van der Waals surface area (Å²) in [5.41, 5.74) is 1.28. The van der Waals surface area contributed by atoms with Crippen LogP contribution in [-0.4, -0.2) is 29.2 Å². The van der Waals surface area contributed by atoms with Gasteiger partial charge in [0.15, 0.2) is 0 Å². The van der Waals surface area contributed by atoms with E-state index in [1.807, 2.05) is 0 Å². The summed E-state index contributed by atoms with van der Waals surface area (Å²) in [4.78, 5) is 35.7. The molecule has 5 heteroatoms. The fraction of sp³-hybridized carbons (Fsp3) is 0.267. The molecular formula is C15H14N2O3. The van der Waals surface area contributed by atoms with Crippen LogP contribution in [0.2, 0.25) is 0 Å². The molecule has 0 aliphatic carbocycles. The molecule has 1 aliphatic heterocycles. The van der Waals surface area contributed by atoms with Crippen LogP contribution < -0.4 is 5.32 Å². The number of amides is 3. The van der Waals surface area contributed by atoms with Crippen molar-refractivity contribution in [2.24, 2.45) is 0 Å². The summed E-state index contributed by atoms with van der Waals surface area (Å²) in [6, 6.07) is 6.92. The molecule has 1 N–H and O–H groups in total. The molecule has 0 saturated carbocycles. The van der Waals surface area contributed by atoms with E-state index in [1.54, 1.807) is 24.3 Å². The number of rotatable bonds is 4. The lowest BCUT2D eigenvalue weighted by Gasteiger charge is -2.13. The number of anilines is 1. The van der Waals surface area contributed by atoms with Crippen LogP contribution in [0.3, 0.4) is 0 Å². The van der Waals surface area contributed by atoms with Gasteiger partial charge in [0.25, 0.3) is 0 Å². The maximum absolute atomic E-state index is 11.8. The van der Waals surface area contributed by atoms with Gasteiger partial charge in [0.1, 0.15) is 0 Å². The highest BCUT2D eigenvalue weighted by Crippen LogP contribution is 2.13. The number of carbonyl (C=O) groups excluding carboxylic acids is 3. The van der Waals surface area contributed by atoms with Crippen molar-refractivity contribution in [3.8, 4) is 12.3 Å². The number of likely N-dealkylation sites (tertiary alicyclic amines) is 1. The molecule has 1 fully saturated rings. The lowest BCUT2D eigenvalue weighted by atomic mass is 10.2. The molecule has 1 heterocycles. The second-order valence-electron chi connectivity index (χ2n) is 4.46. The van der Waals surface area contributed by atoms with Crippen molar-refractivity contribution in [2.45, 2.75) is 19.3 Å². The molecule has 3 amide bonds. The Morgan fingerprint density at radius 3 is 2.65 bits per heavy atom. The van der Waals surface area contributed by atoms with Crippen molar-refractivity contribution < 1.29 is 14.4 Å². The Labute approximate surface area is 117 Å². The van der Waals surface area contributed by atoms with Gasteiger partial charge in [-0.05, 0) is 18.2 Å². The largest absolute Gasteiger partial charge is 0.326 e. The third kappa shape index (κ3) is 3.23. The molecule has 0 spiro atoms. The summed E-state index contributed by atoms with van der Waals surface area (Å²) in [5, 5.41) is 2.69. The molecule has 0 radical (unpaired) electrons. The average Bonchev–Trinajstić information content (AvgIpc) is 2.76. The van der Waals surface area contributed by atoms with Crippen LogP contribution in [0.5, 0.6) is 0 Å². The number of carbonyl (C=O) groups is 3. The minimum atomic E-state index is -0.258. The number of hydrogen-bond acceptors (Lipinski definition) is 3. The van der Waals surface area contributed by atoms with Gasteiger partial charge in [-0.3, -0.25) is 19.3 Å². The molecule has 20 heavy (non-hydrogen) atoms. The van der Waals surface area contributed by atoms with E-state index < -0.39 is 0 Å². The minimum Gasteiger partial charge on any atom is -0.326 e. The third-order valence-corrected chi connectivity index (χ3v) is 3.03. The van der Waals surface area contributed by atoms with E-state index in [2.05, 4.69) is 11.2 Å². The van der Waals surface area contributed by atoms with E-state index >= 15 is 0 Å². The topological polar surface area (TPSA) is 66.5 Å². The minimum absolute atomic E-state index is 0.0811. The monoisotopic (exact) mass is 270 g/mol. The molecule has 1 aromatic carbocycles. The fourth-order valence-electron chi connectivity index (χ4n) is 2.00. The zero-order valence-corrected chi connectivity index (χ0v) is 10.9. The summed E-state index contributed by atoms with van der Waals surface area (Å²) in [7, 11) is 0. The normalized spacial score (nSPS) is 14.2. The van der Waals surface area contributed by atoms with Gasteiger partial charge in [-0.25, -0.2) is 0 Å². The van der Waals surface area contributed by atoms with Crippen LogP contribution in [0.25, 0.3) is 0 Å². The third-order valence-electron chi connectivity index (χ3n) is 3.03. The number of terminal acetylenes is 1. The first-order valence-electron chi connectivity index (χ1n) is 6.30. The standard InChI is InChI=1S/C15H14N2O3/c1-2-11-4-3-5-12(10-11)16-13(18)8-9-17-14(19)6-7-15(17)20/h1,3-5,10H,6-9H2,(H,16,18). The maximum Gasteiger partial charge on any atom is 0.229 e. The summed E-state index contributed by atoms with van der Waals surface area (Å²) in [5.74, 6) is 1.80. The molecule has 0 aromatic heterocycles. The van der Waals surface area contributed by atoms with Gasteiger partial charge in [-0.15, -0.1) is 6.42 Å². The lowest BCUT2D eigenvalue weighted by molar-refractivity contribution is -0.138. The molecule has 0 atom stereocenters. The molecule has 2 rings (SSSR count). The Balaban J connectivity index is 1.88. The zero-order valence-electron chi connectivity index (χ0n) is 10.9. The summed E-state index contributed by atoms with van der Waals surface area (Å²) in [6.45, 7) is 0.123. The van der Waals surface area contributed by atoms with Crippen LogP contribution in [0.15, 0.2) is 24.3 Å². The molecule has 0 bridgehead atoms. The summed E-state index contributed by atoms with van der Waals surface area (Å²) < 4.78 is 0. The zero-order chi connectivity index (χ0) is 14.5. The fourth-order valence-corrected chi connectivity index (χ4v) is 2.00. The van der Waals surface area contributed by atoms with Crippen LogP contribution in [0.4, 0.5) is 5.69 Å². The van der Waals surface area contributed by atoms with E-state index in [1.165, 1.54) is 0 Å². The molecule has 1 saturated heterocycles. The lowest BCUT2D eigenvalue weighted by Crippen LogP contribution is -2.32. The van der Waals surface area contributed by atoms with Crippen LogP contribution in [0.1, 0.15) is 24.8 Å². The maximum atomic E-state index is 11.8. The predicted octanol–water partition coefficient (Wildman–Crippen LogP) is 1.15. The Morgan fingerprint density at radius 2 is 2.00 bits per heavy atom. The van der Waals surface area contributed by atoms with Gasteiger partial charge in [0.2, 0.25) is 17.7 Å². The molecular weight excluding hydrogens is 256 g/mol. The van der Waals surface area contributed by atoms with Crippen LogP contribution >= 0.6 is 0 Å². The van der Waals surface area contributed by atoms with Crippen LogP contribution in [-0.2, 0) is 14.4 Å². The van der Waals surface area contributed by atoms with Gasteiger partial charge in [-0.2, -0.15) is 0 Å². The van der Waals surface area contributed by atoms with Gasteiger partial charge >= 0.3 is 0 Å². The highest BCUT2D eigenvalue weighted by molar-refractivity contribution is 6.02. The second-order valence-corrected chi connectivity index (χ2v) is 4.46. The van der Waals surface area contributed by atoms with E-state index in [0.717, 1.165) is 4.90 Å². The summed E-state index contributed by atoms with van der Waals surface area (Å²) >= 11 is 0. The smallest absolute Gasteiger partial charge is 0.229 e. The molecule has 5 nitrogen and oxygen atoms in total. The van der Waals surface area contributed by atoms with Crippen molar-refractivity contribution in [1.82, 2.24) is 4.90 Å². The first-order chi connectivity index (χ1) is 9.60. The Bertz CT molecular complexity index is 585. The van der Waals surface area contributed by atoms with Crippen LogP contribution in [0, 0.1) is 12.3 Å². The van der Waals surface area contributed by atoms with E-state index in [9.17, 15) is 14.4 Å².